The molecule has 2 aromatic carbocycles. The van der Waals surface area contributed by atoms with E-state index in [2.05, 4.69) is 0 Å². The molecule has 0 aliphatic rings. The molecule has 2 aromatic rings. The SMILES string of the molecule is Nc1cc(C(c2ccc([N+](=O)[O-])c(N)c2)(C(F)(F)F)C(F)(F)F)ccc1[N+](=O)[O-]. The number of halogens is 6. The second-order valence-corrected chi connectivity index (χ2v) is 5.81. The van der Waals surface area contributed by atoms with E-state index in [9.17, 15) is 46.6 Å². The minimum absolute atomic E-state index is 0.191. The molecular formula is C15H10F6N4O4. The van der Waals surface area contributed by atoms with E-state index in [1.165, 1.54) is 0 Å². The van der Waals surface area contributed by atoms with Gasteiger partial charge in [-0.2, -0.15) is 26.3 Å². The Labute approximate surface area is 157 Å². The molecule has 0 amide bonds. The van der Waals surface area contributed by atoms with Gasteiger partial charge in [0.2, 0.25) is 5.41 Å². The van der Waals surface area contributed by atoms with Crippen LogP contribution < -0.4 is 11.5 Å². The molecule has 0 saturated heterocycles. The Bertz CT molecular complexity index is 910. The highest BCUT2D eigenvalue weighted by Gasteiger charge is 2.72. The number of alkyl halides is 6. The van der Waals surface area contributed by atoms with Crippen molar-refractivity contribution in [2.75, 3.05) is 11.5 Å². The lowest BCUT2D eigenvalue weighted by Gasteiger charge is -2.38. The van der Waals surface area contributed by atoms with E-state index < -0.39 is 61.5 Å². The van der Waals surface area contributed by atoms with Gasteiger partial charge in [-0.15, -0.1) is 0 Å². The number of nitro benzene ring substituents is 2. The molecule has 14 heteroatoms. The highest BCUT2D eigenvalue weighted by atomic mass is 19.4. The van der Waals surface area contributed by atoms with Gasteiger partial charge in [-0.05, 0) is 23.3 Å². The highest BCUT2D eigenvalue weighted by molar-refractivity contribution is 5.65. The van der Waals surface area contributed by atoms with E-state index in [-0.39, 0.29) is 24.3 Å². The fourth-order valence-corrected chi connectivity index (χ4v) is 2.89. The van der Waals surface area contributed by atoms with Gasteiger partial charge in [0.25, 0.3) is 11.4 Å². The number of benzene rings is 2. The molecule has 0 aromatic heterocycles. The maximum Gasteiger partial charge on any atom is 0.411 e. The number of hydrogen-bond acceptors (Lipinski definition) is 6. The van der Waals surface area contributed by atoms with Gasteiger partial charge in [0.1, 0.15) is 11.4 Å². The quantitative estimate of drug-likeness (QED) is 0.328. The van der Waals surface area contributed by atoms with E-state index in [1.807, 2.05) is 0 Å². The van der Waals surface area contributed by atoms with Crippen LogP contribution in [0.25, 0.3) is 0 Å². The van der Waals surface area contributed by atoms with Crippen molar-refractivity contribution in [1.82, 2.24) is 0 Å². The Balaban J connectivity index is 2.95. The van der Waals surface area contributed by atoms with Gasteiger partial charge in [0, 0.05) is 12.1 Å². The van der Waals surface area contributed by atoms with Gasteiger partial charge in [-0.3, -0.25) is 20.2 Å². The molecule has 0 fully saturated rings. The summed E-state index contributed by atoms with van der Waals surface area (Å²) < 4.78 is 83.7. The zero-order chi connectivity index (χ0) is 22.4. The molecule has 0 radical (unpaired) electrons. The van der Waals surface area contributed by atoms with Crippen molar-refractivity contribution in [3.05, 3.63) is 67.8 Å². The van der Waals surface area contributed by atoms with Crippen LogP contribution in [0.4, 0.5) is 49.1 Å². The van der Waals surface area contributed by atoms with Gasteiger partial charge in [0.05, 0.1) is 9.85 Å². The summed E-state index contributed by atoms with van der Waals surface area (Å²) in [5.74, 6) is 0. The summed E-state index contributed by atoms with van der Waals surface area (Å²) in [5.41, 5.74) is -0.703. The Morgan fingerprint density at radius 2 is 1.00 bits per heavy atom. The van der Waals surface area contributed by atoms with Gasteiger partial charge in [0.15, 0.2) is 0 Å². The summed E-state index contributed by atoms with van der Waals surface area (Å²) in [6, 6.07) is 1.74. The smallest absolute Gasteiger partial charge is 0.393 e. The number of hydrogen-bond donors (Lipinski definition) is 2. The third-order valence-electron chi connectivity index (χ3n) is 4.16. The van der Waals surface area contributed by atoms with Crippen LogP contribution in [0.1, 0.15) is 11.1 Å². The minimum atomic E-state index is -6.02. The Morgan fingerprint density at radius 3 is 1.21 bits per heavy atom. The Morgan fingerprint density at radius 1 is 0.690 bits per heavy atom. The lowest BCUT2D eigenvalue weighted by Crippen LogP contribution is -2.54. The predicted molar refractivity (Wildman–Crippen MR) is 87.9 cm³/mol. The van der Waals surface area contributed by atoms with Gasteiger partial charge in [-0.25, -0.2) is 0 Å². The van der Waals surface area contributed by atoms with E-state index in [4.69, 9.17) is 11.5 Å². The van der Waals surface area contributed by atoms with Crippen LogP contribution in [0.15, 0.2) is 36.4 Å². The number of nitrogens with zero attached hydrogens (tertiary/aromatic N) is 2. The fourth-order valence-electron chi connectivity index (χ4n) is 2.89. The molecule has 0 spiro atoms. The number of nitro groups is 2. The Kier molecular flexibility index (Phi) is 5.08. The molecule has 0 aliphatic heterocycles. The molecule has 29 heavy (non-hydrogen) atoms. The van der Waals surface area contributed by atoms with Crippen LogP contribution in [0, 0.1) is 20.2 Å². The lowest BCUT2D eigenvalue weighted by atomic mass is 9.72. The first-order chi connectivity index (χ1) is 13.1. The average molecular weight is 424 g/mol. The number of rotatable bonds is 4. The zero-order valence-corrected chi connectivity index (χ0v) is 13.9. The molecule has 8 nitrogen and oxygen atoms in total. The van der Waals surface area contributed by atoms with Crippen molar-refractivity contribution >= 4 is 22.7 Å². The van der Waals surface area contributed by atoms with Gasteiger partial charge < -0.3 is 11.5 Å². The first-order valence-corrected chi connectivity index (χ1v) is 7.36. The molecule has 0 unspecified atom stereocenters. The third-order valence-corrected chi connectivity index (χ3v) is 4.16. The lowest BCUT2D eigenvalue weighted by molar-refractivity contribution is -0.384. The summed E-state index contributed by atoms with van der Waals surface area (Å²) in [5, 5.41) is 21.6. The standard InChI is InChI=1S/C15H10F6N4O4/c16-14(17,18)13(15(19,20)21,7-1-3-11(24(26)27)9(22)5-7)8-2-4-12(25(28)29)10(23)6-8/h1-6H,22-23H2. The van der Waals surface area contributed by atoms with Crippen LogP contribution in [0.5, 0.6) is 0 Å². The van der Waals surface area contributed by atoms with Crippen molar-refractivity contribution in [2.24, 2.45) is 0 Å². The molecule has 0 atom stereocenters. The van der Waals surface area contributed by atoms with E-state index in [1.54, 1.807) is 0 Å². The largest absolute Gasteiger partial charge is 0.411 e. The van der Waals surface area contributed by atoms with Gasteiger partial charge in [-0.1, -0.05) is 12.1 Å². The van der Waals surface area contributed by atoms with Crippen LogP contribution in [-0.2, 0) is 5.41 Å². The van der Waals surface area contributed by atoms with Crippen molar-refractivity contribution in [2.45, 2.75) is 17.8 Å². The van der Waals surface area contributed by atoms with E-state index >= 15 is 0 Å². The van der Waals surface area contributed by atoms with Gasteiger partial charge >= 0.3 is 12.4 Å². The molecule has 0 saturated carbocycles. The number of nitrogen functional groups attached to an aromatic ring is 2. The summed E-state index contributed by atoms with van der Waals surface area (Å²) in [6.07, 6.45) is -12.0. The molecule has 0 aliphatic carbocycles. The number of nitrogens with two attached hydrogens (primary N) is 2. The molecular weight excluding hydrogens is 414 g/mol. The molecule has 0 heterocycles. The van der Waals surface area contributed by atoms with Crippen LogP contribution in [0.3, 0.4) is 0 Å². The van der Waals surface area contributed by atoms with Crippen LogP contribution in [-0.4, -0.2) is 22.2 Å². The second-order valence-electron chi connectivity index (χ2n) is 5.81. The average Bonchev–Trinajstić information content (AvgIpc) is 2.52. The van der Waals surface area contributed by atoms with Crippen LogP contribution in [0.2, 0.25) is 0 Å². The first kappa shape index (κ1) is 21.7. The topological polar surface area (TPSA) is 138 Å². The number of anilines is 2. The van der Waals surface area contributed by atoms with Crippen molar-refractivity contribution in [3.8, 4) is 0 Å². The summed E-state index contributed by atoms with van der Waals surface area (Å²) in [7, 11) is 0. The van der Waals surface area contributed by atoms with Crippen molar-refractivity contribution in [1.29, 1.82) is 0 Å². The zero-order valence-electron chi connectivity index (χ0n) is 13.9. The van der Waals surface area contributed by atoms with Crippen molar-refractivity contribution < 1.29 is 36.2 Å². The summed E-state index contributed by atoms with van der Waals surface area (Å²) in [6.45, 7) is 0. The van der Waals surface area contributed by atoms with E-state index in [0.29, 0.717) is 12.1 Å². The molecule has 156 valence electrons. The highest BCUT2D eigenvalue weighted by Crippen LogP contribution is 2.57. The molecule has 2 rings (SSSR count). The van der Waals surface area contributed by atoms with E-state index in [0.717, 1.165) is 0 Å². The maximum atomic E-state index is 14.0. The maximum absolute atomic E-state index is 14.0. The second kappa shape index (κ2) is 6.79. The first-order valence-electron chi connectivity index (χ1n) is 7.36. The monoisotopic (exact) mass is 424 g/mol. The summed E-state index contributed by atoms with van der Waals surface area (Å²) in [4.78, 5) is 19.4. The van der Waals surface area contributed by atoms with Crippen LogP contribution >= 0.6 is 0 Å². The third kappa shape index (κ3) is 3.36. The predicted octanol–water partition coefficient (Wildman–Crippen LogP) is 4.08. The fraction of sp³-hybridized carbons (Fsp3) is 0.200. The Hall–Kier alpha value is -3.58. The molecule has 4 N–H and O–H groups in total. The summed E-state index contributed by atoms with van der Waals surface area (Å²) >= 11 is 0. The minimum Gasteiger partial charge on any atom is -0.393 e. The van der Waals surface area contributed by atoms with Crippen molar-refractivity contribution in [3.63, 3.8) is 0 Å². The normalized spacial score (nSPS) is 12.6. The molecule has 0 bridgehead atoms.